The molecule has 2 aromatic carbocycles. The Labute approximate surface area is 183 Å². The van der Waals surface area contributed by atoms with Crippen LogP contribution in [-0.2, 0) is 12.8 Å². The SMILES string of the molecule is C=C1Cc2ccc(F)c(C(=O)NCCCN3CCCc4ccc(OC)cc43)c2NC1C. The first-order valence-electron chi connectivity index (χ1n) is 10.9. The summed E-state index contributed by atoms with van der Waals surface area (Å²) in [5.74, 6) is -0.0181. The van der Waals surface area contributed by atoms with Gasteiger partial charge in [0.15, 0.2) is 0 Å². The van der Waals surface area contributed by atoms with Gasteiger partial charge in [-0.25, -0.2) is 4.39 Å². The van der Waals surface area contributed by atoms with Crippen LogP contribution in [0, 0.1) is 5.82 Å². The number of anilines is 2. The highest BCUT2D eigenvalue weighted by molar-refractivity contribution is 6.01. The van der Waals surface area contributed by atoms with Gasteiger partial charge in [0.2, 0.25) is 0 Å². The maximum Gasteiger partial charge on any atom is 0.256 e. The summed E-state index contributed by atoms with van der Waals surface area (Å²) in [5.41, 5.74) is 5.17. The van der Waals surface area contributed by atoms with Crippen LogP contribution in [0.5, 0.6) is 5.75 Å². The minimum Gasteiger partial charge on any atom is -0.497 e. The number of methoxy groups -OCH3 is 1. The number of fused-ring (bicyclic) bond motifs is 2. The van der Waals surface area contributed by atoms with E-state index in [1.807, 2.05) is 13.0 Å². The van der Waals surface area contributed by atoms with Gasteiger partial charge in [0, 0.05) is 37.4 Å². The van der Waals surface area contributed by atoms with E-state index in [-0.39, 0.29) is 17.5 Å². The number of ether oxygens (including phenoxy) is 1. The maximum absolute atomic E-state index is 14.5. The quantitative estimate of drug-likeness (QED) is 0.537. The molecule has 0 aromatic heterocycles. The zero-order valence-corrected chi connectivity index (χ0v) is 18.3. The third-order valence-corrected chi connectivity index (χ3v) is 6.26. The highest BCUT2D eigenvalue weighted by atomic mass is 19.1. The molecule has 5 nitrogen and oxygen atoms in total. The molecule has 2 aliphatic rings. The number of nitrogens with zero attached hydrogens (tertiary/aromatic N) is 1. The molecule has 2 aromatic rings. The number of aryl methyl sites for hydroxylation is 1. The van der Waals surface area contributed by atoms with Gasteiger partial charge in [0.25, 0.3) is 5.91 Å². The zero-order valence-electron chi connectivity index (χ0n) is 18.3. The Kier molecular flexibility index (Phi) is 6.16. The summed E-state index contributed by atoms with van der Waals surface area (Å²) in [5, 5.41) is 6.15. The molecule has 0 radical (unpaired) electrons. The van der Waals surface area contributed by atoms with Crippen LogP contribution in [-0.4, -0.2) is 38.7 Å². The van der Waals surface area contributed by atoms with Crippen LogP contribution in [0.2, 0.25) is 0 Å². The highest BCUT2D eigenvalue weighted by Crippen LogP contribution is 2.33. The standard InChI is InChI=1S/C25H30FN3O2/c1-16-14-19-8-10-21(26)23(24(19)28-17(16)2)25(30)27-11-5-13-29-12-4-6-18-7-9-20(31-3)15-22(18)29/h7-10,15,17,28H,1,4-6,11-14H2,2-3H3,(H,27,30). The number of hydrogen-bond donors (Lipinski definition) is 2. The topological polar surface area (TPSA) is 53.6 Å². The van der Waals surface area contributed by atoms with Crippen LogP contribution in [0.3, 0.4) is 0 Å². The second-order valence-corrected chi connectivity index (χ2v) is 8.35. The summed E-state index contributed by atoms with van der Waals surface area (Å²) in [6.45, 7) is 8.33. The summed E-state index contributed by atoms with van der Waals surface area (Å²) in [6, 6.07) is 9.33. The molecular weight excluding hydrogens is 393 g/mol. The van der Waals surface area contributed by atoms with Crippen molar-refractivity contribution in [1.29, 1.82) is 0 Å². The molecule has 0 spiro atoms. The Bertz CT molecular complexity index is 1000. The lowest BCUT2D eigenvalue weighted by Gasteiger charge is -2.31. The van der Waals surface area contributed by atoms with Crippen molar-refractivity contribution < 1.29 is 13.9 Å². The smallest absolute Gasteiger partial charge is 0.256 e. The Morgan fingerprint density at radius 2 is 2.13 bits per heavy atom. The number of hydrogen-bond acceptors (Lipinski definition) is 4. The van der Waals surface area contributed by atoms with E-state index in [9.17, 15) is 9.18 Å². The first kappa shape index (κ1) is 21.2. The molecular formula is C25H30FN3O2. The third kappa shape index (κ3) is 4.38. The van der Waals surface area contributed by atoms with Crippen LogP contribution in [0.1, 0.15) is 41.3 Å². The van der Waals surface area contributed by atoms with Gasteiger partial charge in [0.1, 0.15) is 11.6 Å². The average Bonchev–Trinajstić information content (AvgIpc) is 2.77. The van der Waals surface area contributed by atoms with Crippen molar-refractivity contribution in [3.63, 3.8) is 0 Å². The Morgan fingerprint density at radius 1 is 1.32 bits per heavy atom. The molecule has 2 heterocycles. The number of carbonyl (C=O) groups excluding carboxylic acids is 1. The van der Waals surface area contributed by atoms with Gasteiger partial charge < -0.3 is 20.3 Å². The monoisotopic (exact) mass is 423 g/mol. The molecule has 1 amide bonds. The van der Waals surface area contributed by atoms with Crippen molar-refractivity contribution in [2.75, 3.05) is 37.0 Å². The molecule has 1 atom stereocenters. The van der Waals surface area contributed by atoms with Gasteiger partial charge in [0.05, 0.1) is 18.4 Å². The lowest BCUT2D eigenvalue weighted by Crippen LogP contribution is -2.34. The van der Waals surface area contributed by atoms with E-state index in [0.717, 1.165) is 49.2 Å². The molecule has 0 fully saturated rings. The van der Waals surface area contributed by atoms with E-state index in [1.54, 1.807) is 13.2 Å². The Hall–Kier alpha value is -3.02. The van der Waals surface area contributed by atoms with Crippen molar-refractivity contribution in [3.8, 4) is 5.75 Å². The van der Waals surface area contributed by atoms with Gasteiger partial charge in [-0.2, -0.15) is 0 Å². The van der Waals surface area contributed by atoms with E-state index >= 15 is 0 Å². The predicted molar refractivity (Wildman–Crippen MR) is 123 cm³/mol. The number of carbonyl (C=O) groups is 1. The Balaban J connectivity index is 1.38. The fourth-order valence-electron chi connectivity index (χ4n) is 4.42. The zero-order chi connectivity index (χ0) is 22.0. The molecule has 2 aliphatic heterocycles. The van der Waals surface area contributed by atoms with Crippen LogP contribution in [0.15, 0.2) is 42.5 Å². The lowest BCUT2D eigenvalue weighted by atomic mass is 9.92. The minimum atomic E-state index is -0.500. The van der Waals surface area contributed by atoms with Gasteiger partial charge >= 0.3 is 0 Å². The number of benzene rings is 2. The van der Waals surface area contributed by atoms with Crippen molar-refractivity contribution in [1.82, 2.24) is 5.32 Å². The second kappa shape index (κ2) is 9.00. The third-order valence-electron chi connectivity index (χ3n) is 6.26. The molecule has 0 saturated heterocycles. The van der Waals surface area contributed by atoms with Crippen LogP contribution in [0.4, 0.5) is 15.8 Å². The molecule has 4 rings (SSSR count). The lowest BCUT2D eigenvalue weighted by molar-refractivity contribution is 0.0950. The van der Waals surface area contributed by atoms with Crippen LogP contribution in [0.25, 0.3) is 0 Å². The summed E-state index contributed by atoms with van der Waals surface area (Å²) < 4.78 is 19.9. The van der Waals surface area contributed by atoms with Crippen molar-refractivity contribution in [2.45, 2.75) is 38.6 Å². The number of nitrogens with one attached hydrogen (secondary N) is 2. The molecule has 2 N–H and O–H groups in total. The molecule has 1 unspecified atom stereocenters. The van der Waals surface area contributed by atoms with Crippen molar-refractivity contribution in [2.24, 2.45) is 0 Å². The van der Waals surface area contributed by atoms with E-state index < -0.39 is 5.82 Å². The minimum absolute atomic E-state index is 0.0111. The van der Waals surface area contributed by atoms with E-state index in [2.05, 4.69) is 34.2 Å². The average molecular weight is 424 g/mol. The van der Waals surface area contributed by atoms with E-state index in [0.29, 0.717) is 18.7 Å². The van der Waals surface area contributed by atoms with Gasteiger partial charge in [-0.3, -0.25) is 4.79 Å². The molecule has 0 bridgehead atoms. The van der Waals surface area contributed by atoms with Gasteiger partial charge in [-0.05, 0) is 55.9 Å². The fourth-order valence-corrected chi connectivity index (χ4v) is 4.42. The normalized spacial score (nSPS) is 17.5. The maximum atomic E-state index is 14.5. The van der Waals surface area contributed by atoms with Crippen molar-refractivity contribution in [3.05, 3.63) is 65.0 Å². The number of halogens is 1. The largest absolute Gasteiger partial charge is 0.497 e. The summed E-state index contributed by atoms with van der Waals surface area (Å²) in [4.78, 5) is 15.2. The summed E-state index contributed by atoms with van der Waals surface area (Å²) in [7, 11) is 1.68. The molecule has 31 heavy (non-hydrogen) atoms. The van der Waals surface area contributed by atoms with E-state index in [4.69, 9.17) is 4.74 Å². The Morgan fingerprint density at radius 3 is 2.94 bits per heavy atom. The van der Waals surface area contributed by atoms with Crippen LogP contribution >= 0.6 is 0 Å². The van der Waals surface area contributed by atoms with Gasteiger partial charge in [-0.1, -0.05) is 24.3 Å². The predicted octanol–water partition coefficient (Wildman–Crippen LogP) is 4.32. The highest BCUT2D eigenvalue weighted by Gasteiger charge is 2.26. The molecule has 164 valence electrons. The first-order chi connectivity index (χ1) is 15.0. The van der Waals surface area contributed by atoms with Gasteiger partial charge in [-0.15, -0.1) is 0 Å². The summed E-state index contributed by atoms with van der Waals surface area (Å²) >= 11 is 0. The van der Waals surface area contributed by atoms with Crippen LogP contribution < -0.4 is 20.3 Å². The summed E-state index contributed by atoms with van der Waals surface area (Å²) in [6.07, 6.45) is 3.62. The van der Waals surface area contributed by atoms with E-state index in [1.165, 1.54) is 17.3 Å². The number of rotatable bonds is 6. The second-order valence-electron chi connectivity index (χ2n) is 8.35. The first-order valence-corrected chi connectivity index (χ1v) is 10.9. The van der Waals surface area contributed by atoms with Crippen molar-refractivity contribution >= 4 is 17.3 Å². The molecule has 6 heteroatoms. The number of amides is 1. The fraction of sp³-hybridized carbons (Fsp3) is 0.400. The molecule has 0 aliphatic carbocycles. The molecule has 0 saturated carbocycles.